The molecule has 1 saturated heterocycles. The van der Waals surface area contributed by atoms with Crippen LogP contribution >= 0.6 is 0 Å². The SMILES string of the molecule is CN1CC(c2ccc(C(F)(F)F)cc2)C2(COc3ccccc3C2=O)C12C(=O)Nc1ccccc12. The van der Waals surface area contributed by atoms with Crippen LogP contribution < -0.4 is 10.1 Å². The maximum atomic E-state index is 14.4. The number of likely N-dealkylation sites (N-methyl/N-ethyl adjacent to an activating group) is 1. The molecule has 6 rings (SSSR count). The first kappa shape index (κ1) is 21.9. The molecule has 0 radical (unpaired) electrons. The van der Waals surface area contributed by atoms with Crippen molar-refractivity contribution in [2.24, 2.45) is 5.41 Å². The van der Waals surface area contributed by atoms with E-state index in [-0.39, 0.29) is 24.8 Å². The largest absolute Gasteiger partial charge is 0.492 e. The van der Waals surface area contributed by atoms with Crippen LogP contribution in [-0.2, 0) is 16.5 Å². The highest BCUT2D eigenvalue weighted by atomic mass is 19.4. The van der Waals surface area contributed by atoms with Crippen molar-refractivity contribution in [2.45, 2.75) is 17.6 Å². The van der Waals surface area contributed by atoms with Crippen molar-refractivity contribution in [1.29, 1.82) is 0 Å². The van der Waals surface area contributed by atoms with Crippen LogP contribution in [-0.4, -0.2) is 36.8 Å². The van der Waals surface area contributed by atoms with Crippen molar-refractivity contribution in [1.82, 2.24) is 4.90 Å². The molecule has 3 heterocycles. The number of carbonyl (C=O) groups is 2. The van der Waals surface area contributed by atoms with Gasteiger partial charge in [0.25, 0.3) is 5.91 Å². The minimum Gasteiger partial charge on any atom is -0.492 e. The molecule has 3 aromatic rings. The number of fused-ring (bicyclic) bond motifs is 4. The minimum absolute atomic E-state index is 0.0827. The minimum atomic E-state index is -4.48. The highest BCUT2D eigenvalue weighted by Crippen LogP contribution is 2.64. The number of carbonyl (C=O) groups excluding carboxylic acids is 2. The third-order valence-electron chi connectivity index (χ3n) is 7.80. The Hall–Kier alpha value is -3.65. The highest BCUT2D eigenvalue weighted by molar-refractivity contribution is 6.15. The Labute approximate surface area is 199 Å². The van der Waals surface area contributed by atoms with E-state index >= 15 is 0 Å². The molecule has 3 aromatic carbocycles. The Morgan fingerprint density at radius 2 is 1.66 bits per heavy atom. The number of rotatable bonds is 1. The van der Waals surface area contributed by atoms with E-state index in [1.54, 1.807) is 37.4 Å². The van der Waals surface area contributed by atoms with Gasteiger partial charge in [0.2, 0.25) is 0 Å². The summed E-state index contributed by atoms with van der Waals surface area (Å²) < 4.78 is 45.9. The first-order valence-corrected chi connectivity index (χ1v) is 11.3. The van der Waals surface area contributed by atoms with Crippen LogP contribution in [0.2, 0.25) is 0 Å². The normalized spacial score (nSPS) is 27.6. The maximum Gasteiger partial charge on any atom is 0.416 e. The molecule has 1 amide bonds. The second-order valence-electron chi connectivity index (χ2n) is 9.35. The van der Waals surface area contributed by atoms with Crippen molar-refractivity contribution in [2.75, 3.05) is 25.5 Å². The van der Waals surface area contributed by atoms with Crippen molar-refractivity contribution >= 4 is 17.4 Å². The summed E-state index contributed by atoms with van der Waals surface area (Å²) in [6.07, 6.45) is -4.48. The monoisotopic (exact) mass is 478 g/mol. The number of ketones is 1. The third-order valence-corrected chi connectivity index (χ3v) is 7.80. The van der Waals surface area contributed by atoms with Gasteiger partial charge in [0.1, 0.15) is 23.3 Å². The van der Waals surface area contributed by atoms with E-state index < -0.39 is 28.6 Å². The number of hydrogen-bond donors (Lipinski definition) is 1. The molecule has 8 heteroatoms. The zero-order chi connectivity index (χ0) is 24.6. The molecular formula is C27H21F3N2O3. The van der Waals surface area contributed by atoms with Gasteiger partial charge in [-0.05, 0) is 42.9 Å². The van der Waals surface area contributed by atoms with E-state index in [9.17, 15) is 22.8 Å². The van der Waals surface area contributed by atoms with Gasteiger partial charge < -0.3 is 10.1 Å². The highest BCUT2D eigenvalue weighted by Gasteiger charge is 2.75. The van der Waals surface area contributed by atoms with Gasteiger partial charge in [-0.15, -0.1) is 0 Å². The lowest BCUT2D eigenvalue weighted by Gasteiger charge is -2.47. The molecule has 1 fully saturated rings. The Bertz CT molecular complexity index is 1370. The van der Waals surface area contributed by atoms with E-state index in [4.69, 9.17) is 4.74 Å². The van der Waals surface area contributed by atoms with Gasteiger partial charge in [-0.3, -0.25) is 14.5 Å². The van der Waals surface area contributed by atoms with Crippen molar-refractivity contribution in [3.05, 3.63) is 95.1 Å². The second-order valence-corrected chi connectivity index (χ2v) is 9.35. The number of para-hydroxylation sites is 2. The summed E-state index contributed by atoms with van der Waals surface area (Å²) in [5.41, 5.74) is -1.36. The average molecular weight is 478 g/mol. The second kappa shape index (κ2) is 7.18. The van der Waals surface area contributed by atoms with Gasteiger partial charge >= 0.3 is 6.18 Å². The number of nitrogens with one attached hydrogen (secondary N) is 1. The molecule has 2 spiro atoms. The fourth-order valence-electron chi connectivity index (χ4n) is 6.32. The number of halogens is 3. The van der Waals surface area contributed by atoms with Crippen LogP contribution in [0.15, 0.2) is 72.8 Å². The van der Waals surface area contributed by atoms with Gasteiger partial charge in [-0.25, -0.2) is 0 Å². The Morgan fingerprint density at radius 3 is 2.40 bits per heavy atom. The van der Waals surface area contributed by atoms with Gasteiger partial charge in [0, 0.05) is 23.7 Å². The lowest BCUT2D eigenvalue weighted by atomic mass is 9.57. The summed E-state index contributed by atoms with van der Waals surface area (Å²) in [5, 5.41) is 2.94. The van der Waals surface area contributed by atoms with Crippen molar-refractivity contribution in [3.63, 3.8) is 0 Å². The average Bonchev–Trinajstić information content (AvgIpc) is 3.29. The first-order valence-electron chi connectivity index (χ1n) is 11.3. The number of nitrogens with zero attached hydrogens (tertiary/aromatic N) is 1. The van der Waals surface area contributed by atoms with E-state index in [1.165, 1.54) is 12.1 Å². The van der Waals surface area contributed by atoms with Crippen LogP contribution in [0, 0.1) is 5.41 Å². The van der Waals surface area contributed by atoms with E-state index in [0.29, 0.717) is 28.1 Å². The number of ether oxygens (including phenoxy) is 1. The zero-order valence-electron chi connectivity index (χ0n) is 18.7. The lowest BCUT2D eigenvalue weighted by molar-refractivity contribution is -0.137. The quantitative estimate of drug-likeness (QED) is 0.544. The fraction of sp³-hybridized carbons (Fsp3) is 0.259. The number of alkyl halides is 3. The van der Waals surface area contributed by atoms with Crippen LogP contribution in [0.3, 0.4) is 0 Å². The molecule has 35 heavy (non-hydrogen) atoms. The van der Waals surface area contributed by atoms with Crippen LogP contribution in [0.4, 0.5) is 18.9 Å². The topological polar surface area (TPSA) is 58.6 Å². The molecule has 5 nitrogen and oxygen atoms in total. The van der Waals surface area contributed by atoms with E-state index in [1.807, 2.05) is 23.1 Å². The molecule has 3 unspecified atom stereocenters. The molecule has 1 N–H and O–H groups in total. The van der Waals surface area contributed by atoms with Crippen LogP contribution in [0.1, 0.15) is 33.0 Å². The Balaban J connectivity index is 1.61. The number of amides is 1. The van der Waals surface area contributed by atoms with Gasteiger partial charge in [-0.2, -0.15) is 13.2 Å². The number of benzene rings is 3. The first-order chi connectivity index (χ1) is 16.7. The molecule has 3 atom stereocenters. The van der Waals surface area contributed by atoms with E-state index in [2.05, 4.69) is 5.32 Å². The summed E-state index contributed by atoms with van der Waals surface area (Å²) >= 11 is 0. The molecule has 0 aromatic heterocycles. The summed E-state index contributed by atoms with van der Waals surface area (Å²) in [6.45, 7) is 0.199. The number of Topliss-reactive ketones (excluding diaryl/α,β-unsaturated/α-hetero) is 1. The summed E-state index contributed by atoms with van der Waals surface area (Å²) in [6, 6.07) is 19.0. The molecule has 0 saturated carbocycles. The number of anilines is 1. The molecule has 3 aliphatic heterocycles. The summed E-state index contributed by atoms with van der Waals surface area (Å²) in [5.74, 6) is -0.745. The Kier molecular flexibility index (Phi) is 4.48. The predicted molar refractivity (Wildman–Crippen MR) is 122 cm³/mol. The molecule has 0 bridgehead atoms. The lowest BCUT2D eigenvalue weighted by Crippen LogP contribution is -2.62. The number of likely N-dealkylation sites (tertiary alicyclic amines) is 1. The smallest absolute Gasteiger partial charge is 0.416 e. The number of hydrogen-bond acceptors (Lipinski definition) is 4. The molecule has 3 aliphatic rings. The van der Waals surface area contributed by atoms with Gasteiger partial charge in [0.05, 0.1) is 11.1 Å². The standard InChI is InChI=1S/C27H21F3N2O3/c1-32-14-20(16-10-12-17(13-11-16)27(28,29)30)25(15-35-22-9-5-2-6-18(22)23(25)33)26(32)19-7-3-4-8-21(19)31-24(26)34/h2-13,20H,14-15H2,1H3,(H,31,34). The maximum absolute atomic E-state index is 14.4. The van der Waals surface area contributed by atoms with Gasteiger partial charge in [0.15, 0.2) is 5.78 Å². The zero-order valence-corrected chi connectivity index (χ0v) is 18.7. The molecule has 178 valence electrons. The van der Waals surface area contributed by atoms with E-state index in [0.717, 1.165) is 12.1 Å². The molecule has 0 aliphatic carbocycles. The van der Waals surface area contributed by atoms with Crippen LogP contribution in [0.25, 0.3) is 0 Å². The van der Waals surface area contributed by atoms with Gasteiger partial charge in [-0.1, -0.05) is 42.5 Å². The fourth-order valence-corrected chi connectivity index (χ4v) is 6.32. The third kappa shape index (κ3) is 2.68. The Morgan fingerprint density at radius 1 is 0.971 bits per heavy atom. The van der Waals surface area contributed by atoms with Crippen LogP contribution in [0.5, 0.6) is 5.75 Å². The summed E-state index contributed by atoms with van der Waals surface area (Å²) in [7, 11) is 1.78. The van der Waals surface area contributed by atoms with Crippen molar-refractivity contribution in [3.8, 4) is 5.75 Å². The predicted octanol–water partition coefficient (Wildman–Crippen LogP) is 4.84. The van der Waals surface area contributed by atoms with Crippen molar-refractivity contribution < 1.29 is 27.5 Å². The molecular weight excluding hydrogens is 457 g/mol. The summed E-state index contributed by atoms with van der Waals surface area (Å²) in [4.78, 5) is 30.1.